The standard InChI is InChI=1S/C17H25NO2/c1-12-8-14-15(9-17(2,3)10-16(14)19)18(12)11-13-6-4-5-7-20-13/h8,13H,4-7,9-11H2,1-3H3. The van der Waals surface area contributed by atoms with Crippen molar-refractivity contribution in [2.75, 3.05) is 6.61 Å². The number of fused-ring (bicyclic) bond motifs is 1. The lowest BCUT2D eigenvalue weighted by atomic mass is 9.76. The number of nitrogens with zero attached hydrogens (tertiary/aromatic N) is 1. The van der Waals surface area contributed by atoms with E-state index in [0.717, 1.165) is 31.6 Å². The van der Waals surface area contributed by atoms with Gasteiger partial charge in [-0.3, -0.25) is 4.79 Å². The van der Waals surface area contributed by atoms with Crippen LogP contribution in [0.2, 0.25) is 0 Å². The highest BCUT2D eigenvalue weighted by Gasteiger charge is 2.34. The van der Waals surface area contributed by atoms with E-state index in [1.807, 2.05) is 0 Å². The highest BCUT2D eigenvalue weighted by molar-refractivity contribution is 5.99. The number of Topliss-reactive ketones (excluding diaryl/α,β-unsaturated/α-hetero) is 1. The predicted octanol–water partition coefficient (Wildman–Crippen LogP) is 3.52. The minimum absolute atomic E-state index is 0.0834. The molecule has 0 radical (unpaired) electrons. The summed E-state index contributed by atoms with van der Waals surface area (Å²) in [6.45, 7) is 8.29. The van der Waals surface area contributed by atoms with Crippen LogP contribution in [0.5, 0.6) is 0 Å². The van der Waals surface area contributed by atoms with Crippen LogP contribution in [0.3, 0.4) is 0 Å². The molecular weight excluding hydrogens is 250 g/mol. The molecule has 3 nitrogen and oxygen atoms in total. The number of carbonyl (C=O) groups is 1. The Hall–Kier alpha value is -1.09. The Bertz CT molecular complexity index is 521. The lowest BCUT2D eigenvalue weighted by molar-refractivity contribution is 0.00504. The minimum Gasteiger partial charge on any atom is -0.376 e. The summed E-state index contributed by atoms with van der Waals surface area (Å²) in [5, 5.41) is 0. The van der Waals surface area contributed by atoms with E-state index in [2.05, 4.69) is 31.4 Å². The maximum absolute atomic E-state index is 12.3. The van der Waals surface area contributed by atoms with E-state index in [-0.39, 0.29) is 5.41 Å². The Morgan fingerprint density at radius 2 is 2.15 bits per heavy atom. The largest absolute Gasteiger partial charge is 0.376 e. The fourth-order valence-electron chi connectivity index (χ4n) is 3.62. The zero-order valence-electron chi connectivity index (χ0n) is 12.9. The van der Waals surface area contributed by atoms with Crippen LogP contribution in [0.1, 0.15) is 61.3 Å². The Morgan fingerprint density at radius 1 is 1.35 bits per heavy atom. The molecule has 0 bridgehead atoms. The summed E-state index contributed by atoms with van der Waals surface area (Å²) < 4.78 is 8.21. The van der Waals surface area contributed by atoms with Crippen LogP contribution < -0.4 is 0 Å². The molecule has 0 saturated carbocycles. The second-order valence-corrected chi connectivity index (χ2v) is 7.19. The zero-order chi connectivity index (χ0) is 14.3. The van der Waals surface area contributed by atoms with Gasteiger partial charge in [0.15, 0.2) is 5.78 Å². The van der Waals surface area contributed by atoms with Gasteiger partial charge in [-0.05, 0) is 44.1 Å². The maximum Gasteiger partial charge on any atom is 0.165 e. The van der Waals surface area contributed by atoms with E-state index < -0.39 is 0 Å². The molecule has 1 aromatic rings. The van der Waals surface area contributed by atoms with Gasteiger partial charge in [0.05, 0.1) is 6.10 Å². The van der Waals surface area contributed by atoms with Crippen LogP contribution >= 0.6 is 0 Å². The summed E-state index contributed by atoms with van der Waals surface area (Å²) in [7, 11) is 0. The Kier molecular flexibility index (Phi) is 3.49. The SMILES string of the molecule is Cc1cc2c(n1CC1CCCCO1)CC(C)(C)CC2=O. The van der Waals surface area contributed by atoms with Crippen molar-refractivity contribution in [2.24, 2.45) is 5.41 Å². The van der Waals surface area contributed by atoms with Crippen molar-refractivity contribution < 1.29 is 9.53 Å². The van der Waals surface area contributed by atoms with Crippen molar-refractivity contribution in [3.05, 3.63) is 23.0 Å². The molecule has 0 aromatic carbocycles. The molecule has 1 aromatic heterocycles. The molecule has 1 unspecified atom stereocenters. The fraction of sp³-hybridized carbons (Fsp3) is 0.706. The first-order valence-electron chi connectivity index (χ1n) is 7.80. The Morgan fingerprint density at radius 3 is 2.85 bits per heavy atom. The predicted molar refractivity (Wildman–Crippen MR) is 79.2 cm³/mol. The third-order valence-electron chi connectivity index (χ3n) is 4.66. The molecule has 3 rings (SSSR count). The van der Waals surface area contributed by atoms with Gasteiger partial charge in [0.1, 0.15) is 0 Å². The number of aromatic nitrogens is 1. The normalized spacial score (nSPS) is 25.6. The second kappa shape index (κ2) is 5.03. The van der Waals surface area contributed by atoms with Gasteiger partial charge in [-0.1, -0.05) is 13.8 Å². The summed E-state index contributed by atoms with van der Waals surface area (Å²) >= 11 is 0. The number of hydrogen-bond donors (Lipinski definition) is 0. The van der Waals surface area contributed by atoms with E-state index in [0.29, 0.717) is 18.3 Å². The van der Waals surface area contributed by atoms with E-state index in [1.54, 1.807) is 0 Å². The summed E-state index contributed by atoms with van der Waals surface area (Å²) in [4.78, 5) is 12.3. The van der Waals surface area contributed by atoms with Crippen LogP contribution in [-0.4, -0.2) is 23.1 Å². The van der Waals surface area contributed by atoms with Gasteiger partial charge in [0.25, 0.3) is 0 Å². The summed E-state index contributed by atoms with van der Waals surface area (Å²) in [5.74, 6) is 0.308. The van der Waals surface area contributed by atoms with Gasteiger partial charge in [-0.25, -0.2) is 0 Å². The summed E-state index contributed by atoms with van der Waals surface area (Å²) in [6.07, 6.45) is 5.57. The minimum atomic E-state index is 0.0834. The van der Waals surface area contributed by atoms with Crippen LogP contribution in [0, 0.1) is 12.3 Å². The average molecular weight is 275 g/mol. The molecule has 1 saturated heterocycles. The molecule has 0 spiro atoms. The molecule has 1 fully saturated rings. The number of aryl methyl sites for hydroxylation is 1. The van der Waals surface area contributed by atoms with Crippen LogP contribution in [0.25, 0.3) is 0 Å². The van der Waals surface area contributed by atoms with E-state index in [1.165, 1.54) is 24.2 Å². The Balaban J connectivity index is 1.90. The number of carbonyl (C=O) groups excluding carboxylic acids is 1. The Labute approximate surface area is 121 Å². The molecule has 0 N–H and O–H groups in total. The molecule has 20 heavy (non-hydrogen) atoms. The van der Waals surface area contributed by atoms with Gasteiger partial charge in [0.2, 0.25) is 0 Å². The highest BCUT2D eigenvalue weighted by atomic mass is 16.5. The van der Waals surface area contributed by atoms with Gasteiger partial charge in [-0.2, -0.15) is 0 Å². The first kappa shape index (κ1) is 13.9. The quantitative estimate of drug-likeness (QED) is 0.827. The number of rotatable bonds is 2. The molecule has 1 aliphatic heterocycles. The molecule has 2 heterocycles. The van der Waals surface area contributed by atoms with Crippen molar-refractivity contribution in [1.29, 1.82) is 0 Å². The zero-order valence-corrected chi connectivity index (χ0v) is 12.9. The topological polar surface area (TPSA) is 31.2 Å². The van der Waals surface area contributed by atoms with E-state index in [4.69, 9.17) is 4.74 Å². The molecule has 1 aliphatic carbocycles. The second-order valence-electron chi connectivity index (χ2n) is 7.19. The van der Waals surface area contributed by atoms with Crippen LogP contribution in [0.15, 0.2) is 6.07 Å². The van der Waals surface area contributed by atoms with Gasteiger partial charge >= 0.3 is 0 Å². The van der Waals surface area contributed by atoms with Gasteiger partial charge in [-0.15, -0.1) is 0 Å². The summed E-state index contributed by atoms with van der Waals surface area (Å²) in [6, 6.07) is 2.08. The van der Waals surface area contributed by atoms with E-state index >= 15 is 0 Å². The average Bonchev–Trinajstić information content (AvgIpc) is 2.67. The molecule has 3 heteroatoms. The summed E-state index contributed by atoms with van der Waals surface area (Å²) in [5.41, 5.74) is 3.48. The van der Waals surface area contributed by atoms with Gasteiger partial charge < -0.3 is 9.30 Å². The fourth-order valence-corrected chi connectivity index (χ4v) is 3.62. The van der Waals surface area contributed by atoms with Crippen molar-refractivity contribution >= 4 is 5.78 Å². The lowest BCUT2D eigenvalue weighted by Crippen LogP contribution is -2.30. The molecule has 0 amide bonds. The molecule has 1 atom stereocenters. The van der Waals surface area contributed by atoms with E-state index in [9.17, 15) is 4.79 Å². The van der Waals surface area contributed by atoms with Crippen molar-refractivity contribution in [3.8, 4) is 0 Å². The smallest absolute Gasteiger partial charge is 0.165 e. The molecular formula is C17H25NO2. The molecule has 110 valence electrons. The molecule has 2 aliphatic rings. The monoisotopic (exact) mass is 275 g/mol. The third kappa shape index (κ3) is 2.56. The highest BCUT2D eigenvalue weighted by Crippen LogP contribution is 2.36. The first-order valence-corrected chi connectivity index (χ1v) is 7.80. The van der Waals surface area contributed by atoms with Crippen molar-refractivity contribution in [1.82, 2.24) is 4.57 Å². The van der Waals surface area contributed by atoms with Crippen molar-refractivity contribution in [2.45, 2.75) is 65.5 Å². The van der Waals surface area contributed by atoms with Crippen LogP contribution in [-0.2, 0) is 17.7 Å². The lowest BCUT2D eigenvalue weighted by Gasteiger charge is -2.31. The number of ketones is 1. The van der Waals surface area contributed by atoms with Gasteiger partial charge in [0, 0.05) is 36.5 Å². The third-order valence-corrected chi connectivity index (χ3v) is 4.66. The number of ether oxygens (including phenoxy) is 1. The van der Waals surface area contributed by atoms with Crippen LogP contribution in [0.4, 0.5) is 0 Å². The maximum atomic E-state index is 12.3. The number of hydrogen-bond acceptors (Lipinski definition) is 2. The first-order chi connectivity index (χ1) is 9.46. The van der Waals surface area contributed by atoms with Crippen molar-refractivity contribution in [3.63, 3.8) is 0 Å².